The molecule has 2 unspecified atom stereocenters. The lowest BCUT2D eigenvalue weighted by Crippen LogP contribution is -2.33. The van der Waals surface area contributed by atoms with E-state index >= 15 is 0 Å². The molecule has 1 N–H and O–H groups in total. The Labute approximate surface area is 129 Å². The Bertz CT molecular complexity index is 464. The molecule has 2 atom stereocenters. The lowest BCUT2D eigenvalue weighted by Gasteiger charge is -2.23. The largest absolute Gasteiger partial charge is 0.441 e. The monoisotopic (exact) mass is 338 g/mol. The summed E-state index contributed by atoms with van der Waals surface area (Å²) in [6.07, 6.45) is 1.24. The zero-order valence-corrected chi connectivity index (χ0v) is 13.2. The van der Waals surface area contributed by atoms with Gasteiger partial charge in [0.1, 0.15) is 6.17 Å². The first-order valence-corrected chi connectivity index (χ1v) is 8.64. The molecule has 1 aromatic heterocycles. The van der Waals surface area contributed by atoms with E-state index in [2.05, 4.69) is 5.32 Å². The van der Waals surface area contributed by atoms with Crippen molar-refractivity contribution in [2.24, 2.45) is 0 Å². The van der Waals surface area contributed by atoms with E-state index < -0.39 is 5.51 Å². The van der Waals surface area contributed by atoms with E-state index in [1.807, 2.05) is 23.8 Å². The van der Waals surface area contributed by atoms with Crippen molar-refractivity contribution in [2.75, 3.05) is 12.3 Å². The van der Waals surface area contributed by atoms with Gasteiger partial charge in [-0.15, -0.1) is 0 Å². The Balaban J connectivity index is 2.04. The molecule has 8 heteroatoms. The number of thiophene rings is 1. The van der Waals surface area contributed by atoms with E-state index in [0.717, 1.165) is 12.0 Å². The lowest BCUT2D eigenvalue weighted by atomic mass is 10.2. The molecule has 2 rings (SSSR count). The molecule has 0 saturated carbocycles. The smallest absolute Gasteiger partial charge is 0.321 e. The van der Waals surface area contributed by atoms with Gasteiger partial charge in [-0.25, -0.2) is 0 Å². The Morgan fingerprint density at radius 3 is 2.81 bits per heavy atom. The van der Waals surface area contributed by atoms with Crippen molar-refractivity contribution in [1.29, 1.82) is 0 Å². The number of rotatable bonds is 6. The van der Waals surface area contributed by atoms with Gasteiger partial charge in [0, 0.05) is 12.3 Å². The number of carbonyl (C=O) groups excluding carboxylic acids is 1. The molecule has 1 saturated heterocycles. The molecule has 0 bridgehead atoms. The summed E-state index contributed by atoms with van der Waals surface area (Å²) >= 11 is 1.43. The van der Waals surface area contributed by atoms with Crippen LogP contribution in [0.25, 0.3) is 0 Å². The highest BCUT2D eigenvalue weighted by atomic mass is 32.2. The highest BCUT2D eigenvalue weighted by Gasteiger charge is 2.39. The van der Waals surface area contributed by atoms with E-state index in [0.29, 0.717) is 6.42 Å². The minimum absolute atomic E-state index is 0.0827. The predicted molar refractivity (Wildman–Crippen MR) is 79.1 cm³/mol. The van der Waals surface area contributed by atoms with Crippen LogP contribution < -0.4 is 5.32 Å². The van der Waals surface area contributed by atoms with Gasteiger partial charge in [-0.1, -0.05) is 13.3 Å². The van der Waals surface area contributed by atoms with Gasteiger partial charge in [-0.2, -0.15) is 24.5 Å². The first-order valence-electron chi connectivity index (χ1n) is 6.71. The van der Waals surface area contributed by atoms with Crippen LogP contribution in [0.5, 0.6) is 0 Å². The number of nitrogens with zero attached hydrogens (tertiary/aromatic N) is 1. The van der Waals surface area contributed by atoms with Crippen molar-refractivity contribution in [1.82, 2.24) is 10.2 Å². The Hall–Kier alpha value is -0.730. The third kappa shape index (κ3) is 4.37. The minimum atomic E-state index is -4.25. The fourth-order valence-electron chi connectivity index (χ4n) is 2.38. The molecule has 1 aliphatic heterocycles. The van der Waals surface area contributed by atoms with E-state index in [1.165, 1.54) is 16.2 Å². The van der Waals surface area contributed by atoms with Crippen molar-refractivity contribution in [2.45, 2.75) is 37.5 Å². The molecule has 3 nitrogen and oxygen atoms in total. The molecule has 0 aliphatic carbocycles. The molecular weight excluding hydrogens is 321 g/mol. The van der Waals surface area contributed by atoms with Crippen LogP contribution in [-0.4, -0.2) is 34.7 Å². The summed E-state index contributed by atoms with van der Waals surface area (Å²) < 4.78 is 36.7. The highest BCUT2D eigenvalue weighted by molar-refractivity contribution is 8.00. The minimum Gasteiger partial charge on any atom is -0.321 e. The van der Waals surface area contributed by atoms with Gasteiger partial charge < -0.3 is 4.90 Å². The van der Waals surface area contributed by atoms with Crippen LogP contribution in [0, 0.1) is 0 Å². The Morgan fingerprint density at radius 1 is 1.48 bits per heavy atom. The normalized spacial score (nSPS) is 23.0. The number of hydrogen-bond acceptors (Lipinski definition) is 4. The van der Waals surface area contributed by atoms with Crippen LogP contribution in [0.2, 0.25) is 0 Å². The number of amides is 1. The Morgan fingerprint density at radius 2 is 2.24 bits per heavy atom. The molecule has 0 radical (unpaired) electrons. The standard InChI is InChI=1S/C13H17F3N2OS2/c1-2-3-10-12(19)18(5-7-21-13(14,15)16)11(17-10)9-4-6-20-8-9/h4,6,8,10-11,17H,2-3,5,7H2,1H3. The summed E-state index contributed by atoms with van der Waals surface area (Å²) in [5.74, 6) is -0.244. The van der Waals surface area contributed by atoms with Crippen molar-refractivity contribution in [3.05, 3.63) is 22.4 Å². The summed E-state index contributed by atoms with van der Waals surface area (Å²) in [7, 11) is 0. The Kier molecular flexibility index (Phi) is 5.56. The SMILES string of the molecule is CCCC1NC(c2ccsc2)N(CCSC(F)(F)F)C1=O. The zero-order chi connectivity index (χ0) is 15.5. The van der Waals surface area contributed by atoms with Gasteiger partial charge in [0.25, 0.3) is 0 Å². The third-order valence-corrected chi connectivity index (χ3v) is 4.70. The highest BCUT2D eigenvalue weighted by Crippen LogP contribution is 2.32. The fourth-order valence-corrected chi connectivity index (χ4v) is 3.58. The van der Waals surface area contributed by atoms with Gasteiger partial charge >= 0.3 is 5.51 Å². The quantitative estimate of drug-likeness (QED) is 0.860. The number of nitrogens with one attached hydrogen (secondary N) is 1. The van der Waals surface area contributed by atoms with Crippen molar-refractivity contribution < 1.29 is 18.0 Å². The number of halogens is 3. The lowest BCUT2D eigenvalue weighted by molar-refractivity contribution is -0.130. The molecule has 1 aromatic rings. The van der Waals surface area contributed by atoms with Gasteiger partial charge in [0.2, 0.25) is 5.91 Å². The average molecular weight is 338 g/mol. The number of alkyl halides is 3. The van der Waals surface area contributed by atoms with Crippen molar-refractivity contribution in [3.8, 4) is 0 Å². The average Bonchev–Trinajstić information content (AvgIpc) is 3.00. The van der Waals surface area contributed by atoms with Crippen LogP contribution in [0.15, 0.2) is 16.8 Å². The van der Waals surface area contributed by atoms with Crippen LogP contribution in [0.1, 0.15) is 31.5 Å². The van der Waals surface area contributed by atoms with Gasteiger partial charge in [0.05, 0.1) is 6.04 Å². The number of carbonyl (C=O) groups is 1. The van der Waals surface area contributed by atoms with Gasteiger partial charge in [-0.3, -0.25) is 10.1 Å². The summed E-state index contributed by atoms with van der Waals surface area (Å²) in [6, 6.07) is 1.60. The van der Waals surface area contributed by atoms with Gasteiger partial charge in [0.15, 0.2) is 0 Å². The molecule has 1 aliphatic rings. The molecule has 1 fully saturated rings. The number of thioether (sulfide) groups is 1. The first-order chi connectivity index (χ1) is 9.92. The topological polar surface area (TPSA) is 32.3 Å². The van der Waals surface area contributed by atoms with Gasteiger partial charge in [-0.05, 0) is 40.6 Å². The summed E-state index contributed by atoms with van der Waals surface area (Å²) in [5, 5.41) is 7.05. The summed E-state index contributed by atoms with van der Waals surface area (Å²) in [4.78, 5) is 13.9. The molecule has 2 heterocycles. The molecule has 1 amide bonds. The second kappa shape index (κ2) is 7.02. The van der Waals surface area contributed by atoms with E-state index in [4.69, 9.17) is 0 Å². The maximum Gasteiger partial charge on any atom is 0.441 e. The first kappa shape index (κ1) is 16.6. The van der Waals surface area contributed by atoms with E-state index in [9.17, 15) is 18.0 Å². The molecule has 21 heavy (non-hydrogen) atoms. The summed E-state index contributed by atoms with van der Waals surface area (Å²) in [5.41, 5.74) is -3.32. The second-order valence-electron chi connectivity index (χ2n) is 4.79. The van der Waals surface area contributed by atoms with Crippen molar-refractivity contribution >= 4 is 29.0 Å². The molecule has 118 valence electrons. The molecule has 0 spiro atoms. The van der Waals surface area contributed by atoms with Crippen molar-refractivity contribution in [3.63, 3.8) is 0 Å². The van der Waals surface area contributed by atoms with E-state index in [-0.39, 0.29) is 42.2 Å². The predicted octanol–water partition coefficient (Wildman–Crippen LogP) is 3.60. The third-order valence-electron chi connectivity index (χ3n) is 3.29. The zero-order valence-electron chi connectivity index (χ0n) is 11.5. The van der Waals surface area contributed by atoms with Crippen LogP contribution in [0.3, 0.4) is 0 Å². The number of hydrogen-bond donors (Lipinski definition) is 1. The molecular formula is C13H17F3N2OS2. The fraction of sp³-hybridized carbons (Fsp3) is 0.615. The van der Waals surface area contributed by atoms with Crippen LogP contribution in [-0.2, 0) is 4.79 Å². The maximum absolute atomic E-state index is 12.3. The summed E-state index contributed by atoms with van der Waals surface area (Å²) in [6.45, 7) is 2.08. The second-order valence-corrected chi connectivity index (χ2v) is 6.73. The van der Waals surface area contributed by atoms with Crippen LogP contribution >= 0.6 is 23.1 Å². The maximum atomic E-state index is 12.3. The molecule has 0 aromatic carbocycles. The van der Waals surface area contributed by atoms with Crippen LogP contribution in [0.4, 0.5) is 13.2 Å². The van der Waals surface area contributed by atoms with E-state index in [1.54, 1.807) is 0 Å².